The van der Waals surface area contributed by atoms with E-state index < -0.39 is 4.92 Å². The normalized spacial score (nSPS) is 20.0. The van der Waals surface area contributed by atoms with Gasteiger partial charge >= 0.3 is 0 Å². The Labute approximate surface area is 143 Å². The number of nitro groups is 1. The molecule has 2 heterocycles. The topological polar surface area (TPSA) is 114 Å². The van der Waals surface area contributed by atoms with E-state index in [-0.39, 0.29) is 23.7 Å². The molecule has 0 spiro atoms. The second kappa shape index (κ2) is 7.24. The molecule has 1 aliphatic rings. The minimum absolute atomic E-state index is 0.0327. The molecule has 0 saturated carbocycles. The molecule has 3 N–H and O–H groups in total. The highest BCUT2D eigenvalue weighted by Gasteiger charge is 2.26. The van der Waals surface area contributed by atoms with Crippen LogP contribution < -0.4 is 16.3 Å². The van der Waals surface area contributed by atoms with Crippen molar-refractivity contribution in [1.82, 2.24) is 20.8 Å². The maximum absolute atomic E-state index is 12.0. The average Bonchev–Trinajstić information content (AvgIpc) is 3.24. The van der Waals surface area contributed by atoms with Gasteiger partial charge in [-0.2, -0.15) is 5.10 Å². The average molecular weight is 342 g/mol. The Balaban J connectivity index is 1.67. The fraction of sp³-hybridized carbons (Fsp3) is 0.250. The summed E-state index contributed by atoms with van der Waals surface area (Å²) in [4.78, 5) is 22.3. The monoisotopic (exact) mass is 342 g/mol. The zero-order valence-electron chi connectivity index (χ0n) is 13.5. The molecule has 1 amide bonds. The third-order valence-electron chi connectivity index (χ3n) is 3.90. The van der Waals surface area contributed by atoms with Crippen LogP contribution in [0.2, 0.25) is 0 Å². The summed E-state index contributed by atoms with van der Waals surface area (Å²) in [5.41, 5.74) is 9.93. The number of carbonyl (C=O) groups is 1. The number of hydrogen-bond donors (Lipinski definition) is 3. The molecule has 9 nitrogen and oxygen atoms in total. The molecule has 9 heteroatoms. The molecule has 1 aromatic carbocycles. The number of amides is 1. The van der Waals surface area contributed by atoms with Gasteiger partial charge in [-0.1, -0.05) is 0 Å². The fourth-order valence-electron chi connectivity index (χ4n) is 2.60. The first-order valence-corrected chi connectivity index (χ1v) is 7.81. The highest BCUT2D eigenvalue weighted by atomic mass is 16.6. The molecular formula is C16H18N6O3. The van der Waals surface area contributed by atoms with Gasteiger partial charge in [0, 0.05) is 30.1 Å². The van der Waals surface area contributed by atoms with Gasteiger partial charge in [0.15, 0.2) is 0 Å². The molecular weight excluding hydrogens is 324 g/mol. The largest absolute Gasteiger partial charge is 0.316 e. The minimum atomic E-state index is -0.440. The van der Waals surface area contributed by atoms with Crippen LogP contribution in [0.4, 0.5) is 5.69 Å². The van der Waals surface area contributed by atoms with Crippen LogP contribution >= 0.6 is 0 Å². The van der Waals surface area contributed by atoms with E-state index in [9.17, 15) is 14.9 Å². The number of benzene rings is 1. The van der Waals surface area contributed by atoms with E-state index in [0.29, 0.717) is 6.42 Å². The number of rotatable bonds is 5. The predicted molar refractivity (Wildman–Crippen MR) is 92.3 cm³/mol. The van der Waals surface area contributed by atoms with Crippen molar-refractivity contribution in [2.45, 2.75) is 25.4 Å². The number of hydrazine groups is 1. The summed E-state index contributed by atoms with van der Waals surface area (Å²) < 4.78 is 1.82. The van der Waals surface area contributed by atoms with Gasteiger partial charge in [0.1, 0.15) is 6.04 Å². The number of non-ortho nitro benzene ring substituents is 1. The zero-order valence-corrected chi connectivity index (χ0v) is 13.5. The Morgan fingerprint density at radius 2 is 2.12 bits per heavy atom. The summed E-state index contributed by atoms with van der Waals surface area (Å²) in [7, 11) is 0. The van der Waals surface area contributed by atoms with Gasteiger partial charge in [-0.15, -0.1) is 0 Å². The number of hydrazone groups is 1. The molecule has 1 aromatic heterocycles. The molecule has 25 heavy (non-hydrogen) atoms. The van der Waals surface area contributed by atoms with Gasteiger partial charge in [-0.25, -0.2) is 10.9 Å². The first-order valence-electron chi connectivity index (χ1n) is 7.81. The van der Waals surface area contributed by atoms with E-state index in [1.165, 1.54) is 18.3 Å². The molecule has 2 unspecified atom stereocenters. The van der Waals surface area contributed by atoms with Crippen LogP contribution in [0.25, 0.3) is 5.69 Å². The molecule has 1 fully saturated rings. The van der Waals surface area contributed by atoms with Crippen molar-refractivity contribution in [2.75, 3.05) is 0 Å². The molecule has 2 aromatic rings. The lowest BCUT2D eigenvalue weighted by molar-refractivity contribution is -0.384. The Morgan fingerprint density at radius 1 is 1.36 bits per heavy atom. The molecule has 130 valence electrons. The van der Waals surface area contributed by atoms with Gasteiger partial charge in [0.05, 0.1) is 16.8 Å². The molecule has 0 aliphatic carbocycles. The standard InChI is InChI=1S/C16H18N6O3/c1-11-9-15(19-18-11)16(23)20-17-10-14-3-2-8-21(14)12-4-6-13(7-5-12)22(24)25/h2-8,10-11,15,18-19H,9H2,1H3,(H,20,23)/b17-10+. The number of nitrogens with zero attached hydrogens (tertiary/aromatic N) is 3. The number of nitro benzene ring substituents is 1. The van der Waals surface area contributed by atoms with Gasteiger partial charge in [0.2, 0.25) is 0 Å². The maximum atomic E-state index is 12.0. The minimum Gasteiger partial charge on any atom is -0.316 e. The Morgan fingerprint density at radius 3 is 2.76 bits per heavy atom. The van der Waals surface area contributed by atoms with Gasteiger partial charge < -0.3 is 4.57 Å². The lowest BCUT2D eigenvalue weighted by Gasteiger charge is -2.07. The summed E-state index contributed by atoms with van der Waals surface area (Å²) in [6, 6.07) is 9.78. The van der Waals surface area contributed by atoms with Crippen molar-refractivity contribution in [2.24, 2.45) is 5.10 Å². The van der Waals surface area contributed by atoms with Crippen molar-refractivity contribution in [3.63, 3.8) is 0 Å². The van der Waals surface area contributed by atoms with Crippen LogP contribution in [0.3, 0.4) is 0 Å². The zero-order chi connectivity index (χ0) is 17.8. The highest BCUT2D eigenvalue weighted by Crippen LogP contribution is 2.16. The van der Waals surface area contributed by atoms with Gasteiger partial charge in [-0.05, 0) is 37.6 Å². The lowest BCUT2D eigenvalue weighted by Crippen LogP contribution is -2.41. The quantitative estimate of drug-likeness (QED) is 0.428. The van der Waals surface area contributed by atoms with E-state index in [1.807, 2.05) is 29.8 Å². The summed E-state index contributed by atoms with van der Waals surface area (Å²) in [5, 5.41) is 14.7. The maximum Gasteiger partial charge on any atom is 0.269 e. The van der Waals surface area contributed by atoms with E-state index >= 15 is 0 Å². The van der Waals surface area contributed by atoms with Gasteiger partial charge in [-0.3, -0.25) is 20.3 Å². The second-order valence-electron chi connectivity index (χ2n) is 5.79. The molecule has 1 saturated heterocycles. The first-order chi connectivity index (χ1) is 12.0. The first kappa shape index (κ1) is 16.8. The molecule has 1 aliphatic heterocycles. The van der Waals surface area contributed by atoms with Crippen molar-refractivity contribution in [3.05, 3.63) is 58.4 Å². The number of aromatic nitrogens is 1. The SMILES string of the molecule is CC1CC(C(=O)N/N=C/c2cccn2-c2ccc([N+](=O)[O-])cc2)NN1. The predicted octanol–water partition coefficient (Wildman–Crippen LogP) is 1.09. The van der Waals surface area contributed by atoms with E-state index in [1.54, 1.807) is 12.1 Å². The van der Waals surface area contributed by atoms with Crippen LogP contribution in [0.15, 0.2) is 47.7 Å². The molecule has 0 bridgehead atoms. The lowest BCUT2D eigenvalue weighted by atomic mass is 10.1. The van der Waals surface area contributed by atoms with E-state index in [4.69, 9.17) is 0 Å². The van der Waals surface area contributed by atoms with E-state index in [0.717, 1.165) is 11.4 Å². The van der Waals surface area contributed by atoms with E-state index in [2.05, 4.69) is 21.4 Å². The van der Waals surface area contributed by atoms with Crippen molar-refractivity contribution in [3.8, 4) is 5.69 Å². The smallest absolute Gasteiger partial charge is 0.269 e. The Bertz CT molecular complexity index is 798. The van der Waals surface area contributed by atoms with Crippen LogP contribution in [0, 0.1) is 10.1 Å². The van der Waals surface area contributed by atoms with Crippen molar-refractivity contribution < 1.29 is 9.72 Å². The Hall–Kier alpha value is -3.04. The number of nitrogens with one attached hydrogen (secondary N) is 3. The summed E-state index contributed by atoms with van der Waals surface area (Å²) in [6.07, 6.45) is 4.04. The van der Waals surface area contributed by atoms with Gasteiger partial charge in [0.25, 0.3) is 11.6 Å². The third-order valence-corrected chi connectivity index (χ3v) is 3.90. The number of carbonyl (C=O) groups excluding carboxylic acids is 1. The van der Waals surface area contributed by atoms with Crippen LogP contribution in [0.1, 0.15) is 19.0 Å². The summed E-state index contributed by atoms with van der Waals surface area (Å²) in [5.74, 6) is -0.207. The molecule has 0 radical (unpaired) electrons. The van der Waals surface area contributed by atoms with Crippen LogP contribution in [-0.2, 0) is 4.79 Å². The highest BCUT2D eigenvalue weighted by molar-refractivity contribution is 5.84. The number of hydrogen-bond acceptors (Lipinski definition) is 6. The third kappa shape index (κ3) is 3.90. The van der Waals surface area contributed by atoms with Crippen LogP contribution in [0.5, 0.6) is 0 Å². The van der Waals surface area contributed by atoms with Crippen LogP contribution in [-0.4, -0.2) is 33.7 Å². The summed E-state index contributed by atoms with van der Waals surface area (Å²) >= 11 is 0. The second-order valence-corrected chi connectivity index (χ2v) is 5.79. The van der Waals surface area contributed by atoms with Crippen molar-refractivity contribution in [1.29, 1.82) is 0 Å². The fourth-order valence-corrected chi connectivity index (χ4v) is 2.60. The Kier molecular flexibility index (Phi) is 4.87. The van der Waals surface area contributed by atoms with Crippen molar-refractivity contribution >= 4 is 17.8 Å². The molecule has 3 rings (SSSR count). The summed E-state index contributed by atoms with van der Waals surface area (Å²) in [6.45, 7) is 1.99. The molecule has 2 atom stereocenters.